The van der Waals surface area contributed by atoms with Crippen LogP contribution in [-0.2, 0) is 22.7 Å². The van der Waals surface area contributed by atoms with Crippen molar-refractivity contribution in [1.82, 2.24) is 10.6 Å². The molecule has 4 nitrogen and oxygen atoms in total. The molecule has 0 aliphatic heterocycles. The number of benzene rings is 2. The summed E-state index contributed by atoms with van der Waals surface area (Å²) in [6.07, 6.45) is 1.24. The first-order valence-corrected chi connectivity index (χ1v) is 8.67. The molecule has 0 atom stereocenters. The first-order valence-electron chi connectivity index (χ1n) is 8.67. The molecule has 3 rings (SSSR count). The summed E-state index contributed by atoms with van der Waals surface area (Å²) in [6, 6.07) is 16.0. The van der Waals surface area contributed by atoms with Gasteiger partial charge in [0.05, 0.1) is 0 Å². The molecule has 1 saturated carbocycles. The van der Waals surface area contributed by atoms with Gasteiger partial charge >= 0.3 is 0 Å². The molecule has 4 heteroatoms. The number of carbonyl (C=O) groups excluding carboxylic acids is 2. The van der Waals surface area contributed by atoms with E-state index in [2.05, 4.69) is 10.6 Å². The second-order valence-electron chi connectivity index (χ2n) is 6.92. The zero-order valence-electron chi connectivity index (χ0n) is 14.8. The second-order valence-corrected chi connectivity index (χ2v) is 6.92. The van der Waals surface area contributed by atoms with E-state index in [0.29, 0.717) is 25.9 Å². The van der Waals surface area contributed by atoms with Crippen molar-refractivity contribution in [3.05, 3.63) is 70.8 Å². The van der Waals surface area contributed by atoms with E-state index in [-0.39, 0.29) is 11.8 Å². The monoisotopic (exact) mass is 336 g/mol. The molecule has 1 fully saturated rings. The third-order valence-corrected chi connectivity index (χ3v) is 4.77. The zero-order valence-corrected chi connectivity index (χ0v) is 14.8. The molecule has 0 spiro atoms. The summed E-state index contributed by atoms with van der Waals surface area (Å²) in [5, 5.41) is 5.82. The minimum absolute atomic E-state index is 0.172. The standard InChI is InChI=1S/C21H24N2O2/c1-15-3-7-17(8-4-15)13-22-19(24)21(11-12-21)20(25)23-14-18-9-5-16(2)6-10-18/h3-10H,11-14H2,1-2H3,(H,22,24)(H,23,25). The first kappa shape index (κ1) is 17.2. The fourth-order valence-electron chi connectivity index (χ4n) is 2.80. The highest BCUT2D eigenvalue weighted by atomic mass is 16.2. The molecule has 0 saturated heterocycles. The van der Waals surface area contributed by atoms with Crippen molar-refractivity contribution in [1.29, 1.82) is 0 Å². The van der Waals surface area contributed by atoms with Crippen molar-refractivity contribution >= 4 is 11.8 Å². The second kappa shape index (κ2) is 7.09. The topological polar surface area (TPSA) is 58.2 Å². The molecule has 0 aromatic heterocycles. The van der Waals surface area contributed by atoms with E-state index in [4.69, 9.17) is 0 Å². The Morgan fingerprint density at radius 2 is 1.12 bits per heavy atom. The Morgan fingerprint density at radius 1 is 0.760 bits per heavy atom. The van der Waals surface area contributed by atoms with Crippen LogP contribution in [0.1, 0.15) is 35.1 Å². The maximum atomic E-state index is 12.5. The Kier molecular flexibility index (Phi) is 4.88. The van der Waals surface area contributed by atoms with Gasteiger partial charge in [-0.05, 0) is 37.8 Å². The summed E-state index contributed by atoms with van der Waals surface area (Å²) in [7, 11) is 0. The summed E-state index contributed by atoms with van der Waals surface area (Å²) in [5.74, 6) is -0.344. The Hall–Kier alpha value is -2.62. The SMILES string of the molecule is Cc1ccc(CNC(=O)C2(C(=O)NCc3ccc(C)cc3)CC2)cc1. The molecule has 0 radical (unpaired) electrons. The first-order chi connectivity index (χ1) is 12.0. The largest absolute Gasteiger partial charge is 0.351 e. The van der Waals surface area contributed by atoms with Crippen molar-refractivity contribution in [2.24, 2.45) is 5.41 Å². The molecule has 0 heterocycles. The van der Waals surface area contributed by atoms with Crippen LogP contribution in [0.25, 0.3) is 0 Å². The predicted molar refractivity (Wildman–Crippen MR) is 97.7 cm³/mol. The molecule has 0 unspecified atom stereocenters. The molecule has 2 aromatic carbocycles. The Bertz CT molecular complexity index is 696. The van der Waals surface area contributed by atoms with Crippen LogP contribution in [-0.4, -0.2) is 11.8 Å². The van der Waals surface area contributed by atoms with Crippen LogP contribution < -0.4 is 10.6 Å². The average molecular weight is 336 g/mol. The molecule has 2 aromatic rings. The summed E-state index contributed by atoms with van der Waals surface area (Å²) in [6.45, 7) is 4.96. The van der Waals surface area contributed by atoms with Gasteiger partial charge in [-0.25, -0.2) is 0 Å². The van der Waals surface area contributed by atoms with Crippen LogP contribution in [0.3, 0.4) is 0 Å². The van der Waals surface area contributed by atoms with Gasteiger partial charge in [-0.15, -0.1) is 0 Å². The van der Waals surface area contributed by atoms with Gasteiger partial charge in [-0.1, -0.05) is 59.7 Å². The van der Waals surface area contributed by atoms with Gasteiger partial charge < -0.3 is 10.6 Å². The average Bonchev–Trinajstić information content (AvgIpc) is 3.42. The highest BCUT2D eigenvalue weighted by molar-refractivity contribution is 6.07. The number of rotatable bonds is 6. The van der Waals surface area contributed by atoms with Crippen LogP contribution in [0.4, 0.5) is 0 Å². The molecule has 2 amide bonds. The van der Waals surface area contributed by atoms with E-state index in [9.17, 15) is 9.59 Å². The van der Waals surface area contributed by atoms with Gasteiger partial charge in [0, 0.05) is 13.1 Å². The van der Waals surface area contributed by atoms with E-state index < -0.39 is 5.41 Å². The van der Waals surface area contributed by atoms with Crippen LogP contribution >= 0.6 is 0 Å². The van der Waals surface area contributed by atoms with Gasteiger partial charge in [0.15, 0.2) is 0 Å². The summed E-state index contributed by atoms with van der Waals surface area (Å²) < 4.78 is 0. The third-order valence-electron chi connectivity index (χ3n) is 4.77. The van der Waals surface area contributed by atoms with Crippen molar-refractivity contribution in [2.45, 2.75) is 39.8 Å². The molecular formula is C21H24N2O2. The Morgan fingerprint density at radius 3 is 1.44 bits per heavy atom. The van der Waals surface area contributed by atoms with Crippen LogP contribution in [0, 0.1) is 19.3 Å². The fraction of sp³-hybridized carbons (Fsp3) is 0.333. The zero-order chi connectivity index (χ0) is 17.9. The van der Waals surface area contributed by atoms with E-state index in [0.717, 1.165) is 11.1 Å². The Labute approximate surface area is 148 Å². The molecule has 1 aliphatic carbocycles. The number of amides is 2. The lowest BCUT2D eigenvalue weighted by Gasteiger charge is -2.15. The molecule has 1 aliphatic rings. The van der Waals surface area contributed by atoms with Crippen molar-refractivity contribution in [2.75, 3.05) is 0 Å². The number of hydrogen-bond acceptors (Lipinski definition) is 2. The smallest absolute Gasteiger partial charge is 0.235 e. The lowest BCUT2D eigenvalue weighted by molar-refractivity contribution is -0.137. The number of carbonyl (C=O) groups is 2. The van der Waals surface area contributed by atoms with E-state index in [1.165, 1.54) is 11.1 Å². The van der Waals surface area contributed by atoms with Crippen molar-refractivity contribution in [3.63, 3.8) is 0 Å². The maximum Gasteiger partial charge on any atom is 0.235 e. The molecule has 0 bridgehead atoms. The van der Waals surface area contributed by atoms with Gasteiger partial charge in [0.1, 0.15) is 5.41 Å². The van der Waals surface area contributed by atoms with Gasteiger partial charge in [-0.3, -0.25) is 9.59 Å². The van der Waals surface area contributed by atoms with Crippen molar-refractivity contribution < 1.29 is 9.59 Å². The molecule has 130 valence electrons. The summed E-state index contributed by atoms with van der Waals surface area (Å²) in [4.78, 5) is 25.0. The van der Waals surface area contributed by atoms with Crippen LogP contribution in [0.15, 0.2) is 48.5 Å². The third kappa shape index (κ3) is 4.08. The minimum atomic E-state index is -0.880. The fourth-order valence-corrected chi connectivity index (χ4v) is 2.80. The number of aryl methyl sites for hydroxylation is 2. The normalized spacial score (nSPS) is 14.6. The lowest BCUT2D eigenvalue weighted by atomic mass is 10.0. The highest BCUT2D eigenvalue weighted by Crippen LogP contribution is 2.46. The maximum absolute atomic E-state index is 12.5. The molecular weight excluding hydrogens is 312 g/mol. The predicted octanol–water partition coefficient (Wildman–Crippen LogP) is 3.02. The van der Waals surface area contributed by atoms with Gasteiger partial charge in [0.2, 0.25) is 11.8 Å². The van der Waals surface area contributed by atoms with E-state index in [1.54, 1.807) is 0 Å². The van der Waals surface area contributed by atoms with Crippen LogP contribution in [0.2, 0.25) is 0 Å². The summed E-state index contributed by atoms with van der Waals surface area (Å²) in [5.41, 5.74) is 3.56. The quantitative estimate of drug-likeness (QED) is 0.797. The van der Waals surface area contributed by atoms with Crippen LogP contribution in [0.5, 0.6) is 0 Å². The Balaban J connectivity index is 1.53. The molecule has 2 N–H and O–H groups in total. The number of hydrogen-bond donors (Lipinski definition) is 2. The number of nitrogens with one attached hydrogen (secondary N) is 2. The van der Waals surface area contributed by atoms with E-state index in [1.807, 2.05) is 62.4 Å². The summed E-state index contributed by atoms with van der Waals surface area (Å²) >= 11 is 0. The molecule has 25 heavy (non-hydrogen) atoms. The lowest BCUT2D eigenvalue weighted by Crippen LogP contribution is -2.42. The van der Waals surface area contributed by atoms with Crippen molar-refractivity contribution in [3.8, 4) is 0 Å². The van der Waals surface area contributed by atoms with Gasteiger partial charge in [-0.2, -0.15) is 0 Å². The van der Waals surface area contributed by atoms with Gasteiger partial charge in [0.25, 0.3) is 0 Å². The minimum Gasteiger partial charge on any atom is -0.351 e. The highest BCUT2D eigenvalue weighted by Gasteiger charge is 2.56. The van der Waals surface area contributed by atoms with E-state index >= 15 is 0 Å².